The molecule has 0 aromatic rings. The van der Waals surface area contributed by atoms with Gasteiger partial charge in [-0.05, 0) is 0 Å². The molecule has 0 rings (SSSR count). The third-order valence-electron chi connectivity index (χ3n) is 0. The molecule has 0 saturated heterocycles. The number of hydrogen-bond acceptors (Lipinski definition) is 1. The summed E-state index contributed by atoms with van der Waals surface area (Å²) < 4.78 is 8.74. The molecular weight excluding hydrogens is 260 g/mol. The van der Waals surface area contributed by atoms with Gasteiger partial charge in [0.05, 0.1) is 0 Å². The topological polar surface area (TPSA) is 57.5 Å². The van der Waals surface area contributed by atoms with Gasteiger partial charge in [-0.2, -0.15) is 0 Å². The zero-order valence-corrected chi connectivity index (χ0v) is 9.39. The first-order valence-electron chi connectivity index (χ1n) is 0.651. The molecule has 2 N–H and O–H groups in total. The second-order valence-electron chi connectivity index (χ2n) is 0.283. The SMILES string of the molecule is O=[Si](O)O.[La].[Sc]. The summed E-state index contributed by atoms with van der Waals surface area (Å²) in [5.74, 6) is 0. The summed E-state index contributed by atoms with van der Waals surface area (Å²) in [6, 6.07) is 0. The molecule has 0 aromatic heterocycles. The molecule has 0 heterocycles. The number of rotatable bonds is 0. The first kappa shape index (κ1) is 15.6. The van der Waals surface area contributed by atoms with Gasteiger partial charge in [0.15, 0.2) is 0 Å². The summed E-state index contributed by atoms with van der Waals surface area (Å²) in [5.41, 5.74) is 0. The van der Waals surface area contributed by atoms with Crippen molar-refractivity contribution in [1.82, 2.24) is 0 Å². The van der Waals surface area contributed by atoms with E-state index >= 15 is 0 Å². The van der Waals surface area contributed by atoms with Crippen molar-refractivity contribution in [3.8, 4) is 0 Å². The molecule has 0 unspecified atom stereocenters. The molecule has 0 amide bonds. The summed E-state index contributed by atoms with van der Waals surface area (Å²) in [7, 11) is -3.13. The van der Waals surface area contributed by atoms with E-state index in [2.05, 4.69) is 0 Å². The average molecular weight is 262 g/mol. The molecule has 0 fully saturated rings. The molecular formula is H2LaO3ScSi. The molecule has 0 aliphatic carbocycles. The Bertz CT molecular complexity index is 33.8. The zero-order chi connectivity index (χ0) is 3.58. The minimum Gasteiger partial charge on any atom is -0.511 e. The van der Waals surface area contributed by atoms with Crippen LogP contribution in [0, 0.1) is 35.6 Å². The maximum absolute atomic E-state index is 8.74. The minimum atomic E-state index is -3.13. The van der Waals surface area contributed by atoms with Crippen LogP contribution in [0.15, 0.2) is 0 Å². The van der Waals surface area contributed by atoms with Crippen molar-refractivity contribution in [3.63, 3.8) is 0 Å². The Hall–Kier alpha value is 1.68. The maximum Gasteiger partial charge on any atom is 0.761 e. The zero-order valence-electron chi connectivity index (χ0n) is 2.96. The van der Waals surface area contributed by atoms with Crippen LogP contribution in [-0.4, -0.2) is 18.8 Å². The molecule has 6 heteroatoms. The second-order valence-corrected chi connectivity index (χ2v) is 0.848. The Morgan fingerprint density at radius 3 is 1.33 bits per heavy atom. The van der Waals surface area contributed by atoms with Crippen LogP contribution >= 0.6 is 0 Å². The summed E-state index contributed by atoms with van der Waals surface area (Å²) >= 11 is 0. The molecule has 0 atom stereocenters. The van der Waals surface area contributed by atoms with Crippen molar-refractivity contribution in [2.24, 2.45) is 0 Å². The molecule has 0 aromatic carbocycles. The first-order chi connectivity index (χ1) is 1.73. The van der Waals surface area contributed by atoms with Gasteiger partial charge in [-0.15, -0.1) is 0 Å². The van der Waals surface area contributed by atoms with Crippen LogP contribution in [0.2, 0.25) is 0 Å². The molecule has 0 aliphatic rings. The van der Waals surface area contributed by atoms with Gasteiger partial charge in [-0.25, -0.2) is 0 Å². The predicted octanol–water partition coefficient (Wildman–Crippen LogP) is -1.62. The Labute approximate surface area is 83.4 Å². The van der Waals surface area contributed by atoms with Crippen molar-refractivity contribution in [1.29, 1.82) is 0 Å². The molecule has 6 heavy (non-hydrogen) atoms. The summed E-state index contributed by atoms with van der Waals surface area (Å²) in [6.07, 6.45) is 0. The van der Waals surface area contributed by atoms with Crippen molar-refractivity contribution in [2.45, 2.75) is 0 Å². The fraction of sp³-hybridized carbons (Fsp3) is 0. The average Bonchev–Trinajstić information content (AvgIpc) is 0.811. The monoisotopic (exact) mass is 262 g/mol. The standard InChI is InChI=1S/La.H2O3Si.Sc/c;1-4(2)3;/h;1-2H;. The van der Waals surface area contributed by atoms with Crippen LogP contribution in [0.3, 0.4) is 0 Å². The van der Waals surface area contributed by atoms with Crippen LogP contribution < -0.4 is 0 Å². The molecule has 0 aliphatic heterocycles. The van der Waals surface area contributed by atoms with E-state index in [1.807, 2.05) is 0 Å². The van der Waals surface area contributed by atoms with E-state index in [-0.39, 0.29) is 61.4 Å². The van der Waals surface area contributed by atoms with Gasteiger partial charge in [0.2, 0.25) is 0 Å². The predicted molar refractivity (Wildman–Crippen MR) is 10.9 cm³/mol. The van der Waals surface area contributed by atoms with Crippen LogP contribution in [0.1, 0.15) is 0 Å². The fourth-order valence-corrected chi connectivity index (χ4v) is 0. The van der Waals surface area contributed by atoms with E-state index in [9.17, 15) is 0 Å². The van der Waals surface area contributed by atoms with E-state index in [0.29, 0.717) is 0 Å². The van der Waals surface area contributed by atoms with Crippen LogP contribution in [0.25, 0.3) is 0 Å². The van der Waals surface area contributed by atoms with E-state index in [0.717, 1.165) is 0 Å². The largest absolute Gasteiger partial charge is 0.761 e. The van der Waals surface area contributed by atoms with E-state index in [1.165, 1.54) is 0 Å². The summed E-state index contributed by atoms with van der Waals surface area (Å²) in [5, 5.41) is 0. The van der Waals surface area contributed by atoms with E-state index in [4.69, 9.17) is 14.1 Å². The quantitative estimate of drug-likeness (QED) is 0.516. The summed E-state index contributed by atoms with van der Waals surface area (Å²) in [4.78, 5) is 14.3. The van der Waals surface area contributed by atoms with Crippen molar-refractivity contribution < 1.29 is 75.5 Å². The molecule has 0 bridgehead atoms. The smallest absolute Gasteiger partial charge is 0.511 e. The van der Waals surface area contributed by atoms with Crippen molar-refractivity contribution in [2.75, 3.05) is 0 Å². The van der Waals surface area contributed by atoms with E-state index in [1.54, 1.807) is 0 Å². The molecule has 3 nitrogen and oxygen atoms in total. The van der Waals surface area contributed by atoms with Crippen molar-refractivity contribution >= 4 is 9.17 Å². The second kappa shape index (κ2) is 9.84. The Morgan fingerprint density at radius 2 is 1.33 bits per heavy atom. The Kier molecular flexibility index (Phi) is 25.7. The third-order valence-corrected chi connectivity index (χ3v) is 0. The number of hydrogen-bond donors (Lipinski definition) is 2. The van der Waals surface area contributed by atoms with Gasteiger partial charge >= 0.3 is 9.17 Å². The van der Waals surface area contributed by atoms with Crippen LogP contribution in [-0.2, 0) is 30.3 Å². The molecule has 2 radical (unpaired) electrons. The van der Waals surface area contributed by atoms with Gasteiger partial charge in [0, 0.05) is 61.4 Å². The van der Waals surface area contributed by atoms with Gasteiger partial charge in [0.1, 0.15) is 0 Å². The molecule has 0 saturated carbocycles. The van der Waals surface area contributed by atoms with Gasteiger partial charge in [-0.3, -0.25) is 4.46 Å². The van der Waals surface area contributed by atoms with Gasteiger partial charge in [0.25, 0.3) is 0 Å². The normalized spacial score (nSPS) is 4.00. The maximum atomic E-state index is 8.74. The van der Waals surface area contributed by atoms with Crippen molar-refractivity contribution in [3.05, 3.63) is 0 Å². The molecule has 30 valence electrons. The third kappa shape index (κ3) is 44.0. The Morgan fingerprint density at radius 1 is 1.33 bits per heavy atom. The fourth-order valence-electron chi connectivity index (χ4n) is 0. The van der Waals surface area contributed by atoms with Gasteiger partial charge in [-0.1, -0.05) is 0 Å². The minimum absolute atomic E-state index is 0. The first-order valence-corrected chi connectivity index (χ1v) is 1.95. The van der Waals surface area contributed by atoms with Crippen LogP contribution in [0.5, 0.6) is 0 Å². The van der Waals surface area contributed by atoms with Crippen LogP contribution in [0.4, 0.5) is 0 Å². The van der Waals surface area contributed by atoms with Gasteiger partial charge < -0.3 is 9.59 Å². The molecule has 0 spiro atoms. The summed E-state index contributed by atoms with van der Waals surface area (Å²) in [6.45, 7) is 0. The van der Waals surface area contributed by atoms with E-state index < -0.39 is 9.17 Å². The Balaban J connectivity index is -0.0000000450.